The lowest BCUT2D eigenvalue weighted by Gasteiger charge is -2.23. The topological polar surface area (TPSA) is 57.6 Å². The van der Waals surface area contributed by atoms with Crippen LogP contribution in [-0.2, 0) is 22.4 Å². The van der Waals surface area contributed by atoms with E-state index in [1.807, 2.05) is 55.5 Å². The number of hydrogen-bond donors (Lipinski definition) is 1. The molecular formula is C28H28BrNO3. The summed E-state index contributed by atoms with van der Waals surface area (Å²) in [7, 11) is 0. The number of nitrogens with zero attached hydrogens (tertiary/aromatic N) is 1. The smallest absolute Gasteiger partial charge is 0.264 e. The molecule has 1 amide bonds. The quantitative estimate of drug-likeness (QED) is 0.428. The first-order valence-corrected chi connectivity index (χ1v) is 11.8. The first kappa shape index (κ1) is 23.4. The number of benzene rings is 3. The van der Waals surface area contributed by atoms with Gasteiger partial charge in [-0.15, -0.1) is 0 Å². The van der Waals surface area contributed by atoms with Gasteiger partial charge in [-0.05, 0) is 41.7 Å². The van der Waals surface area contributed by atoms with Crippen molar-refractivity contribution in [2.75, 3.05) is 4.90 Å². The lowest BCUT2D eigenvalue weighted by molar-refractivity contribution is -0.136. The lowest BCUT2D eigenvalue weighted by Crippen LogP contribution is -2.41. The molecule has 3 aromatic rings. The number of fused-ring (bicyclic) bond motifs is 1. The molecule has 0 saturated carbocycles. The number of carbonyl (C=O) groups excluding carboxylic acids is 2. The standard InChI is InChI=1S/C28H28BrNO3/c1-18-5-7-19(8-6-18)17-30-24-14-13-22(29)15-23(24)28(33,26(30)32)16-25(31)20-9-11-21(12-10-20)27(2,3)4/h5-15,33H,16-17H2,1-4H3/t28-/m1/s1. The van der Waals surface area contributed by atoms with E-state index in [4.69, 9.17) is 0 Å². The number of halogens is 1. The van der Waals surface area contributed by atoms with Crippen molar-refractivity contribution < 1.29 is 14.7 Å². The highest BCUT2D eigenvalue weighted by molar-refractivity contribution is 9.10. The maximum atomic E-state index is 13.5. The van der Waals surface area contributed by atoms with E-state index in [-0.39, 0.29) is 17.6 Å². The Hall–Kier alpha value is -2.76. The molecule has 0 unspecified atom stereocenters. The normalized spacial score (nSPS) is 17.9. The second kappa shape index (κ2) is 8.54. The van der Waals surface area contributed by atoms with Crippen LogP contribution in [0, 0.1) is 6.92 Å². The fourth-order valence-corrected chi connectivity index (χ4v) is 4.58. The summed E-state index contributed by atoms with van der Waals surface area (Å²) in [5, 5.41) is 11.6. The number of amides is 1. The van der Waals surface area contributed by atoms with Gasteiger partial charge < -0.3 is 10.0 Å². The van der Waals surface area contributed by atoms with E-state index in [0.717, 1.165) is 21.2 Å². The number of aryl methyl sites for hydroxylation is 1. The second-order valence-corrected chi connectivity index (χ2v) is 10.7. The van der Waals surface area contributed by atoms with Crippen LogP contribution in [0.15, 0.2) is 71.2 Å². The number of rotatable bonds is 5. The molecular weight excluding hydrogens is 478 g/mol. The predicted molar refractivity (Wildman–Crippen MR) is 134 cm³/mol. The van der Waals surface area contributed by atoms with E-state index in [1.54, 1.807) is 23.1 Å². The minimum Gasteiger partial charge on any atom is -0.375 e. The molecule has 1 N–H and O–H groups in total. The van der Waals surface area contributed by atoms with Gasteiger partial charge in [-0.3, -0.25) is 9.59 Å². The van der Waals surface area contributed by atoms with Crippen molar-refractivity contribution in [3.05, 3.63) is 99.0 Å². The molecule has 0 radical (unpaired) electrons. The molecule has 4 nitrogen and oxygen atoms in total. The number of anilines is 1. The Labute approximate surface area is 203 Å². The zero-order valence-corrected chi connectivity index (χ0v) is 20.9. The van der Waals surface area contributed by atoms with Gasteiger partial charge in [-0.1, -0.05) is 90.8 Å². The number of Topliss-reactive ketones (excluding diaryl/α,β-unsaturated/α-hetero) is 1. The Bertz CT molecular complexity index is 1210. The van der Waals surface area contributed by atoms with Gasteiger partial charge in [0, 0.05) is 15.6 Å². The van der Waals surface area contributed by atoms with Gasteiger partial charge >= 0.3 is 0 Å². The van der Waals surface area contributed by atoms with Gasteiger partial charge in [0.25, 0.3) is 5.91 Å². The van der Waals surface area contributed by atoms with Crippen LogP contribution < -0.4 is 4.90 Å². The van der Waals surface area contributed by atoms with Gasteiger partial charge in [0.05, 0.1) is 18.7 Å². The lowest BCUT2D eigenvalue weighted by atomic mass is 9.85. The van der Waals surface area contributed by atoms with Gasteiger partial charge in [-0.2, -0.15) is 0 Å². The third kappa shape index (κ3) is 4.53. The zero-order chi connectivity index (χ0) is 24.0. The summed E-state index contributed by atoms with van der Waals surface area (Å²) in [4.78, 5) is 28.3. The maximum Gasteiger partial charge on any atom is 0.264 e. The van der Waals surface area contributed by atoms with Crippen molar-refractivity contribution in [1.29, 1.82) is 0 Å². The predicted octanol–water partition coefficient (Wildman–Crippen LogP) is 6.06. The van der Waals surface area contributed by atoms with Crippen molar-refractivity contribution in [3.8, 4) is 0 Å². The monoisotopic (exact) mass is 505 g/mol. The highest BCUT2D eigenvalue weighted by Crippen LogP contribution is 2.44. The molecule has 33 heavy (non-hydrogen) atoms. The molecule has 0 spiro atoms. The summed E-state index contributed by atoms with van der Waals surface area (Å²) in [5.41, 5.74) is 2.83. The van der Waals surface area contributed by atoms with Crippen molar-refractivity contribution in [2.45, 2.75) is 51.7 Å². The first-order valence-electron chi connectivity index (χ1n) is 11.0. The molecule has 0 fully saturated rings. The van der Waals surface area contributed by atoms with E-state index >= 15 is 0 Å². The van der Waals surface area contributed by atoms with Crippen molar-refractivity contribution in [2.24, 2.45) is 0 Å². The molecule has 1 aliphatic rings. The van der Waals surface area contributed by atoms with Crippen LogP contribution in [0.3, 0.4) is 0 Å². The van der Waals surface area contributed by atoms with E-state index < -0.39 is 11.5 Å². The molecule has 1 aliphatic heterocycles. The highest BCUT2D eigenvalue weighted by Gasteiger charge is 2.51. The largest absolute Gasteiger partial charge is 0.375 e. The summed E-state index contributed by atoms with van der Waals surface area (Å²) >= 11 is 3.44. The fraction of sp³-hybridized carbons (Fsp3) is 0.286. The minimum atomic E-state index is -1.91. The molecule has 1 atom stereocenters. The van der Waals surface area contributed by atoms with Crippen molar-refractivity contribution in [1.82, 2.24) is 0 Å². The molecule has 0 aromatic heterocycles. The number of carbonyl (C=O) groups is 2. The SMILES string of the molecule is Cc1ccc(CN2C(=O)[C@@](O)(CC(=O)c3ccc(C(C)(C)C)cc3)c3cc(Br)ccc32)cc1. The Morgan fingerprint density at radius 3 is 2.24 bits per heavy atom. The van der Waals surface area contributed by atoms with Crippen LogP contribution in [0.1, 0.15) is 59.8 Å². The van der Waals surface area contributed by atoms with Gasteiger partial charge in [-0.25, -0.2) is 0 Å². The number of ketones is 1. The molecule has 0 aliphatic carbocycles. The summed E-state index contributed by atoms with van der Waals surface area (Å²) in [6.45, 7) is 8.67. The maximum absolute atomic E-state index is 13.5. The zero-order valence-electron chi connectivity index (χ0n) is 19.4. The Morgan fingerprint density at radius 1 is 1.00 bits per heavy atom. The van der Waals surface area contributed by atoms with Gasteiger partial charge in [0.15, 0.2) is 11.4 Å². The van der Waals surface area contributed by atoms with Crippen molar-refractivity contribution in [3.63, 3.8) is 0 Å². The molecule has 1 heterocycles. The van der Waals surface area contributed by atoms with E-state index in [9.17, 15) is 14.7 Å². The van der Waals surface area contributed by atoms with E-state index in [1.165, 1.54) is 0 Å². The Balaban J connectivity index is 1.66. The van der Waals surface area contributed by atoms with Gasteiger partial charge in [0.1, 0.15) is 0 Å². The average Bonchev–Trinajstić information content (AvgIpc) is 2.96. The van der Waals surface area contributed by atoms with Crippen LogP contribution in [0.25, 0.3) is 0 Å². The molecule has 3 aromatic carbocycles. The summed E-state index contributed by atoms with van der Waals surface area (Å²) < 4.78 is 0.742. The van der Waals surface area contributed by atoms with Gasteiger partial charge in [0.2, 0.25) is 0 Å². The highest BCUT2D eigenvalue weighted by atomic mass is 79.9. The Kier molecular flexibility index (Phi) is 6.06. The fourth-order valence-electron chi connectivity index (χ4n) is 4.22. The second-order valence-electron chi connectivity index (χ2n) is 9.83. The molecule has 0 saturated heterocycles. The molecule has 0 bridgehead atoms. The van der Waals surface area contributed by atoms with Crippen LogP contribution in [-0.4, -0.2) is 16.8 Å². The first-order chi connectivity index (χ1) is 15.5. The van der Waals surface area contributed by atoms with Crippen LogP contribution >= 0.6 is 15.9 Å². The number of aliphatic hydroxyl groups is 1. The van der Waals surface area contributed by atoms with E-state index in [0.29, 0.717) is 23.4 Å². The minimum absolute atomic E-state index is 0.0249. The third-order valence-corrected chi connectivity index (χ3v) is 6.74. The molecule has 5 heteroatoms. The van der Waals surface area contributed by atoms with E-state index in [2.05, 4.69) is 36.7 Å². The van der Waals surface area contributed by atoms with Crippen LogP contribution in [0.2, 0.25) is 0 Å². The van der Waals surface area contributed by atoms with Crippen molar-refractivity contribution >= 4 is 33.3 Å². The summed E-state index contributed by atoms with van der Waals surface area (Å²) in [6.07, 6.45) is -0.311. The number of hydrogen-bond acceptors (Lipinski definition) is 3. The average molecular weight is 506 g/mol. The summed E-state index contributed by atoms with van der Waals surface area (Å²) in [5.74, 6) is -0.745. The summed E-state index contributed by atoms with van der Waals surface area (Å²) in [6, 6.07) is 20.7. The third-order valence-electron chi connectivity index (χ3n) is 6.24. The molecule has 170 valence electrons. The van der Waals surface area contributed by atoms with Crippen LogP contribution in [0.5, 0.6) is 0 Å². The molecule has 4 rings (SSSR count). The van der Waals surface area contributed by atoms with Crippen LogP contribution in [0.4, 0.5) is 5.69 Å². The Morgan fingerprint density at radius 2 is 1.64 bits per heavy atom.